The van der Waals surface area contributed by atoms with E-state index >= 15 is 0 Å². The maximum absolute atomic E-state index is 12.1. The molecule has 1 unspecified atom stereocenters. The first-order valence-electron chi connectivity index (χ1n) is 6.54. The van der Waals surface area contributed by atoms with E-state index in [0.717, 1.165) is 5.56 Å². The third-order valence-corrected chi connectivity index (χ3v) is 4.30. The molecule has 1 N–H and O–H groups in total. The standard InChI is InChI=1S/C15H19N3OS/c1-11-4-5-14(20-11)10-17-15(19)18(3)12(2)13-6-8-16-9-7-13/h4-9,12H,10H2,1-3H3,(H,17,19). The van der Waals surface area contributed by atoms with Crippen LogP contribution in [0, 0.1) is 6.92 Å². The van der Waals surface area contributed by atoms with Crippen molar-refractivity contribution in [3.63, 3.8) is 0 Å². The Labute approximate surface area is 123 Å². The van der Waals surface area contributed by atoms with Crippen molar-refractivity contribution in [3.05, 3.63) is 52.0 Å². The number of nitrogens with zero attached hydrogens (tertiary/aromatic N) is 2. The molecule has 0 aliphatic carbocycles. The van der Waals surface area contributed by atoms with Crippen LogP contribution in [-0.2, 0) is 6.54 Å². The van der Waals surface area contributed by atoms with Gasteiger partial charge in [-0.3, -0.25) is 4.98 Å². The zero-order valence-corrected chi connectivity index (χ0v) is 12.8. The smallest absolute Gasteiger partial charge is 0.317 e. The number of hydrogen-bond donors (Lipinski definition) is 1. The van der Waals surface area contributed by atoms with Crippen molar-refractivity contribution in [1.82, 2.24) is 15.2 Å². The number of rotatable bonds is 4. The predicted molar refractivity (Wildman–Crippen MR) is 81.7 cm³/mol. The Morgan fingerprint density at radius 2 is 2.05 bits per heavy atom. The minimum atomic E-state index is -0.0691. The molecule has 0 radical (unpaired) electrons. The van der Waals surface area contributed by atoms with E-state index in [4.69, 9.17) is 0 Å². The van der Waals surface area contributed by atoms with E-state index < -0.39 is 0 Å². The molecule has 1 atom stereocenters. The second-order valence-electron chi connectivity index (χ2n) is 4.74. The Morgan fingerprint density at radius 3 is 2.65 bits per heavy atom. The van der Waals surface area contributed by atoms with Crippen molar-refractivity contribution in [2.75, 3.05) is 7.05 Å². The lowest BCUT2D eigenvalue weighted by Crippen LogP contribution is -2.38. The molecule has 4 nitrogen and oxygen atoms in total. The summed E-state index contributed by atoms with van der Waals surface area (Å²) in [6.45, 7) is 4.64. The summed E-state index contributed by atoms with van der Waals surface area (Å²) in [6, 6.07) is 7.92. The summed E-state index contributed by atoms with van der Waals surface area (Å²) in [5, 5.41) is 2.94. The van der Waals surface area contributed by atoms with Crippen molar-refractivity contribution >= 4 is 17.4 Å². The van der Waals surface area contributed by atoms with Gasteiger partial charge in [0.05, 0.1) is 12.6 Å². The van der Waals surface area contributed by atoms with Crippen LogP contribution in [0.2, 0.25) is 0 Å². The Balaban J connectivity index is 1.91. The topological polar surface area (TPSA) is 45.2 Å². The molecule has 20 heavy (non-hydrogen) atoms. The van der Waals surface area contributed by atoms with Crippen LogP contribution in [0.15, 0.2) is 36.7 Å². The summed E-state index contributed by atoms with van der Waals surface area (Å²) < 4.78 is 0. The normalized spacial score (nSPS) is 11.9. The molecule has 0 aliphatic rings. The first-order valence-corrected chi connectivity index (χ1v) is 7.35. The van der Waals surface area contributed by atoms with Crippen molar-refractivity contribution in [2.24, 2.45) is 0 Å². The number of carbonyl (C=O) groups excluding carboxylic acids is 1. The highest BCUT2D eigenvalue weighted by molar-refractivity contribution is 7.11. The van der Waals surface area contributed by atoms with Crippen LogP contribution in [0.4, 0.5) is 4.79 Å². The third-order valence-electron chi connectivity index (χ3n) is 3.30. The van der Waals surface area contributed by atoms with Crippen LogP contribution in [0.1, 0.15) is 28.3 Å². The molecule has 2 aromatic heterocycles. The molecule has 0 fully saturated rings. The lowest BCUT2D eigenvalue weighted by atomic mass is 10.1. The van der Waals surface area contributed by atoms with Gasteiger partial charge >= 0.3 is 6.03 Å². The lowest BCUT2D eigenvalue weighted by Gasteiger charge is -2.25. The number of nitrogens with one attached hydrogen (secondary N) is 1. The van der Waals surface area contributed by atoms with Gasteiger partial charge in [0.2, 0.25) is 0 Å². The average molecular weight is 289 g/mol. The molecule has 5 heteroatoms. The molecule has 2 rings (SSSR count). The summed E-state index contributed by atoms with van der Waals surface area (Å²) >= 11 is 1.70. The molecule has 0 saturated heterocycles. The van der Waals surface area contributed by atoms with Crippen LogP contribution in [0.5, 0.6) is 0 Å². The molecule has 0 spiro atoms. The van der Waals surface area contributed by atoms with E-state index in [1.54, 1.807) is 35.7 Å². The molecule has 2 amide bonds. The molecule has 0 aliphatic heterocycles. The molecule has 2 heterocycles. The molecule has 0 saturated carbocycles. The van der Waals surface area contributed by atoms with Crippen LogP contribution in [0.25, 0.3) is 0 Å². The van der Waals surface area contributed by atoms with E-state index in [1.807, 2.05) is 25.1 Å². The maximum atomic E-state index is 12.1. The van der Waals surface area contributed by atoms with Gasteiger partial charge in [-0.15, -0.1) is 11.3 Å². The molecule has 0 bridgehead atoms. The number of urea groups is 1. The van der Waals surface area contributed by atoms with Crippen LogP contribution >= 0.6 is 11.3 Å². The van der Waals surface area contributed by atoms with Gasteiger partial charge in [-0.2, -0.15) is 0 Å². The van der Waals surface area contributed by atoms with Crippen molar-refractivity contribution in [1.29, 1.82) is 0 Å². The van der Waals surface area contributed by atoms with Gasteiger partial charge in [0.1, 0.15) is 0 Å². The van der Waals surface area contributed by atoms with E-state index in [9.17, 15) is 4.79 Å². The minimum Gasteiger partial charge on any atom is -0.333 e. The summed E-state index contributed by atoms with van der Waals surface area (Å²) in [4.78, 5) is 20.3. The largest absolute Gasteiger partial charge is 0.333 e. The highest BCUT2D eigenvalue weighted by atomic mass is 32.1. The zero-order chi connectivity index (χ0) is 14.5. The Hall–Kier alpha value is -1.88. The van der Waals surface area contributed by atoms with E-state index in [0.29, 0.717) is 6.54 Å². The van der Waals surface area contributed by atoms with Gasteiger partial charge in [-0.25, -0.2) is 4.79 Å². The third kappa shape index (κ3) is 3.57. The lowest BCUT2D eigenvalue weighted by molar-refractivity contribution is 0.194. The predicted octanol–water partition coefficient (Wildman–Crippen LogP) is 3.35. The number of pyridine rings is 1. The monoisotopic (exact) mass is 289 g/mol. The van der Waals surface area contributed by atoms with E-state index in [1.165, 1.54) is 9.75 Å². The van der Waals surface area contributed by atoms with Crippen molar-refractivity contribution in [3.8, 4) is 0 Å². The molecule has 0 aromatic carbocycles. The first kappa shape index (κ1) is 14.5. The highest BCUT2D eigenvalue weighted by Crippen LogP contribution is 2.18. The van der Waals surface area contributed by atoms with Crippen LogP contribution in [0.3, 0.4) is 0 Å². The Kier molecular flexibility index (Phi) is 4.74. The number of aryl methyl sites for hydroxylation is 1. The van der Waals surface area contributed by atoms with E-state index in [2.05, 4.69) is 23.3 Å². The second-order valence-corrected chi connectivity index (χ2v) is 6.11. The van der Waals surface area contributed by atoms with Crippen molar-refractivity contribution in [2.45, 2.75) is 26.4 Å². The highest BCUT2D eigenvalue weighted by Gasteiger charge is 2.16. The molecule has 106 valence electrons. The summed E-state index contributed by atoms with van der Waals surface area (Å²) in [7, 11) is 1.81. The van der Waals surface area contributed by atoms with Gasteiger partial charge in [0.25, 0.3) is 0 Å². The van der Waals surface area contributed by atoms with Gasteiger partial charge in [0.15, 0.2) is 0 Å². The maximum Gasteiger partial charge on any atom is 0.317 e. The number of hydrogen-bond acceptors (Lipinski definition) is 3. The minimum absolute atomic E-state index is 0.0167. The quantitative estimate of drug-likeness (QED) is 0.938. The molecular weight excluding hydrogens is 270 g/mol. The van der Waals surface area contributed by atoms with Crippen LogP contribution < -0.4 is 5.32 Å². The fraction of sp³-hybridized carbons (Fsp3) is 0.333. The summed E-state index contributed by atoms with van der Waals surface area (Å²) in [5.41, 5.74) is 1.07. The number of carbonyl (C=O) groups is 1. The fourth-order valence-electron chi connectivity index (χ4n) is 1.91. The summed E-state index contributed by atoms with van der Waals surface area (Å²) in [5.74, 6) is 0. The second kappa shape index (κ2) is 6.52. The van der Waals surface area contributed by atoms with Gasteiger partial charge < -0.3 is 10.2 Å². The Bertz CT molecular complexity index is 568. The Morgan fingerprint density at radius 1 is 1.35 bits per heavy atom. The van der Waals surface area contributed by atoms with Crippen LogP contribution in [-0.4, -0.2) is 23.0 Å². The fourth-order valence-corrected chi connectivity index (χ4v) is 2.74. The summed E-state index contributed by atoms with van der Waals surface area (Å²) in [6.07, 6.45) is 3.48. The first-order chi connectivity index (χ1) is 9.58. The van der Waals surface area contributed by atoms with E-state index in [-0.39, 0.29) is 12.1 Å². The molecular formula is C15H19N3OS. The van der Waals surface area contributed by atoms with Gasteiger partial charge in [0, 0.05) is 29.2 Å². The van der Waals surface area contributed by atoms with Gasteiger partial charge in [-0.1, -0.05) is 0 Å². The SMILES string of the molecule is Cc1ccc(CNC(=O)N(C)C(C)c2ccncc2)s1. The number of amides is 2. The van der Waals surface area contributed by atoms with Gasteiger partial charge in [-0.05, 0) is 43.7 Å². The van der Waals surface area contributed by atoms with Crippen molar-refractivity contribution < 1.29 is 4.79 Å². The number of thiophene rings is 1. The molecule has 2 aromatic rings. The number of aromatic nitrogens is 1. The zero-order valence-electron chi connectivity index (χ0n) is 12.0. The average Bonchev–Trinajstić information content (AvgIpc) is 2.89.